The Morgan fingerprint density at radius 3 is 2.20 bits per heavy atom. The summed E-state index contributed by atoms with van der Waals surface area (Å²) in [7, 11) is 1.96. The van der Waals surface area contributed by atoms with E-state index < -0.39 is 0 Å². The highest BCUT2D eigenvalue weighted by molar-refractivity contribution is 7.98. The molecule has 0 aliphatic carbocycles. The molecule has 2 aromatic carbocycles. The lowest BCUT2D eigenvalue weighted by Crippen LogP contribution is -2.35. The zero-order valence-corrected chi connectivity index (χ0v) is 15.9. The van der Waals surface area contributed by atoms with Gasteiger partial charge in [-0.3, -0.25) is 14.5 Å². The molecule has 0 radical (unpaired) electrons. The van der Waals surface area contributed by atoms with E-state index in [9.17, 15) is 9.59 Å². The van der Waals surface area contributed by atoms with Crippen LogP contribution in [0.4, 0.5) is 5.69 Å². The average Bonchev–Trinajstić information content (AvgIpc) is 2.61. The van der Waals surface area contributed by atoms with E-state index in [1.54, 1.807) is 36.0 Å². The molecule has 2 rings (SSSR count). The Morgan fingerprint density at radius 2 is 1.68 bits per heavy atom. The predicted molar refractivity (Wildman–Crippen MR) is 104 cm³/mol. The smallest absolute Gasteiger partial charge is 0.221 e. The molecule has 0 saturated heterocycles. The Balaban J connectivity index is 2.01. The van der Waals surface area contributed by atoms with Crippen molar-refractivity contribution in [1.82, 2.24) is 4.90 Å². The minimum absolute atomic E-state index is 0.0672. The number of amides is 1. The van der Waals surface area contributed by atoms with Gasteiger partial charge in [0.05, 0.1) is 6.04 Å². The molecule has 132 valence electrons. The highest BCUT2D eigenvalue weighted by atomic mass is 32.2. The van der Waals surface area contributed by atoms with Gasteiger partial charge in [0.1, 0.15) is 0 Å². The van der Waals surface area contributed by atoms with Crippen LogP contribution >= 0.6 is 11.8 Å². The van der Waals surface area contributed by atoms with Crippen molar-refractivity contribution < 1.29 is 9.59 Å². The van der Waals surface area contributed by atoms with E-state index in [4.69, 9.17) is 0 Å². The van der Waals surface area contributed by atoms with Crippen molar-refractivity contribution in [3.05, 3.63) is 59.7 Å². The number of hydrogen-bond donors (Lipinski definition) is 1. The predicted octanol–water partition coefficient (Wildman–Crippen LogP) is 4.07. The van der Waals surface area contributed by atoms with Crippen molar-refractivity contribution in [3.8, 4) is 0 Å². The maximum atomic E-state index is 12.7. The van der Waals surface area contributed by atoms with Gasteiger partial charge < -0.3 is 5.32 Å². The lowest BCUT2D eigenvalue weighted by atomic mass is 10.0. The fourth-order valence-corrected chi connectivity index (χ4v) is 2.93. The van der Waals surface area contributed by atoms with E-state index in [0.29, 0.717) is 17.8 Å². The number of thioether (sulfide) groups is 1. The van der Waals surface area contributed by atoms with Gasteiger partial charge in [-0.2, -0.15) is 0 Å². The van der Waals surface area contributed by atoms with Crippen molar-refractivity contribution in [3.63, 3.8) is 0 Å². The zero-order valence-electron chi connectivity index (χ0n) is 15.1. The third kappa shape index (κ3) is 5.44. The van der Waals surface area contributed by atoms with Crippen LogP contribution in [0.5, 0.6) is 0 Å². The SMILES string of the molecule is CSc1ccc(CN(C)[C@@H](C)C(=O)c2ccc(NC(C)=O)cc2)cc1. The molecule has 0 unspecified atom stereocenters. The first-order valence-corrected chi connectivity index (χ1v) is 9.38. The van der Waals surface area contributed by atoms with Crippen LogP contribution in [0.15, 0.2) is 53.4 Å². The van der Waals surface area contributed by atoms with Gasteiger partial charge in [-0.15, -0.1) is 11.8 Å². The summed E-state index contributed by atoms with van der Waals surface area (Å²) in [5.41, 5.74) is 2.52. The quantitative estimate of drug-likeness (QED) is 0.600. The van der Waals surface area contributed by atoms with Gasteiger partial charge in [-0.1, -0.05) is 12.1 Å². The molecule has 4 nitrogen and oxygen atoms in total. The van der Waals surface area contributed by atoms with E-state index in [1.165, 1.54) is 17.4 Å². The lowest BCUT2D eigenvalue weighted by Gasteiger charge is -2.24. The number of Topliss-reactive ketones (excluding diaryl/α,β-unsaturated/α-hetero) is 1. The number of nitrogens with zero attached hydrogens (tertiary/aromatic N) is 1. The van der Waals surface area contributed by atoms with Crippen molar-refractivity contribution >= 4 is 29.1 Å². The second-order valence-corrected chi connectivity index (χ2v) is 6.94. The van der Waals surface area contributed by atoms with Gasteiger partial charge in [0.2, 0.25) is 5.91 Å². The molecule has 0 fully saturated rings. The van der Waals surface area contributed by atoms with Crippen LogP contribution < -0.4 is 5.32 Å². The van der Waals surface area contributed by atoms with Crippen molar-refractivity contribution in [2.75, 3.05) is 18.6 Å². The van der Waals surface area contributed by atoms with E-state index in [0.717, 1.165) is 0 Å². The fraction of sp³-hybridized carbons (Fsp3) is 0.300. The third-order valence-corrected chi connectivity index (χ3v) is 4.86. The number of hydrogen-bond acceptors (Lipinski definition) is 4. The molecule has 0 spiro atoms. The van der Waals surface area contributed by atoms with E-state index in [-0.39, 0.29) is 17.7 Å². The first-order valence-electron chi connectivity index (χ1n) is 8.15. The normalized spacial score (nSPS) is 12.0. The first kappa shape index (κ1) is 19.2. The van der Waals surface area contributed by atoms with Crippen LogP contribution in [0.1, 0.15) is 29.8 Å². The molecule has 0 aliphatic heterocycles. The molecule has 0 aliphatic rings. The Kier molecular flexibility index (Phi) is 6.79. The average molecular weight is 356 g/mol. The van der Waals surface area contributed by atoms with Crippen LogP contribution in [0, 0.1) is 0 Å². The number of nitrogens with one attached hydrogen (secondary N) is 1. The summed E-state index contributed by atoms with van der Waals surface area (Å²) in [6, 6.07) is 15.2. The molecule has 0 saturated carbocycles. The van der Waals surface area contributed by atoms with Gasteiger partial charge in [0.25, 0.3) is 0 Å². The second-order valence-electron chi connectivity index (χ2n) is 6.06. The number of carbonyl (C=O) groups is 2. The van der Waals surface area contributed by atoms with Gasteiger partial charge in [0.15, 0.2) is 5.78 Å². The molecular weight excluding hydrogens is 332 g/mol. The maximum absolute atomic E-state index is 12.7. The van der Waals surface area contributed by atoms with Crippen LogP contribution in [-0.2, 0) is 11.3 Å². The molecule has 1 atom stereocenters. The molecule has 5 heteroatoms. The molecular formula is C20H24N2O2S. The molecule has 0 heterocycles. The number of benzene rings is 2. The Morgan fingerprint density at radius 1 is 1.08 bits per heavy atom. The number of ketones is 1. The van der Waals surface area contributed by atoms with Crippen LogP contribution in [-0.4, -0.2) is 35.9 Å². The molecule has 1 amide bonds. The minimum Gasteiger partial charge on any atom is -0.326 e. The highest BCUT2D eigenvalue weighted by Gasteiger charge is 2.19. The zero-order chi connectivity index (χ0) is 18.4. The Hall–Kier alpha value is -2.11. The number of anilines is 1. The Bertz CT molecular complexity index is 726. The summed E-state index contributed by atoms with van der Waals surface area (Å²) in [5.74, 6) is -0.0581. The molecule has 2 aromatic rings. The van der Waals surface area contributed by atoms with Crippen molar-refractivity contribution in [2.45, 2.75) is 31.3 Å². The van der Waals surface area contributed by atoms with Crippen LogP contribution in [0.3, 0.4) is 0 Å². The molecule has 0 aromatic heterocycles. The second kappa shape index (κ2) is 8.83. The fourth-order valence-electron chi connectivity index (χ4n) is 2.52. The van der Waals surface area contributed by atoms with Gasteiger partial charge in [0, 0.05) is 29.6 Å². The van der Waals surface area contributed by atoms with E-state index in [1.807, 2.05) is 18.9 Å². The molecule has 25 heavy (non-hydrogen) atoms. The van der Waals surface area contributed by atoms with Crippen LogP contribution in [0.25, 0.3) is 0 Å². The standard InChI is InChI=1S/C20H24N2O2S/c1-14(22(3)13-16-5-11-19(25-4)12-6-16)20(24)17-7-9-18(10-8-17)21-15(2)23/h5-12,14H,13H2,1-4H3,(H,21,23)/t14-/m0/s1. The van der Waals surface area contributed by atoms with E-state index in [2.05, 4.69) is 35.8 Å². The summed E-state index contributed by atoms with van der Waals surface area (Å²) in [6.07, 6.45) is 2.05. The summed E-state index contributed by atoms with van der Waals surface area (Å²) < 4.78 is 0. The summed E-state index contributed by atoms with van der Waals surface area (Å²) in [5, 5.41) is 2.70. The first-order chi connectivity index (χ1) is 11.9. The Labute approximate surface area is 153 Å². The number of rotatable bonds is 7. The molecule has 0 bridgehead atoms. The number of likely N-dealkylation sites (N-methyl/N-ethyl adjacent to an activating group) is 1. The monoisotopic (exact) mass is 356 g/mol. The summed E-state index contributed by atoms with van der Waals surface area (Å²) in [6.45, 7) is 4.09. The summed E-state index contributed by atoms with van der Waals surface area (Å²) >= 11 is 1.72. The van der Waals surface area contributed by atoms with Gasteiger partial charge in [-0.05, 0) is 62.2 Å². The summed E-state index contributed by atoms with van der Waals surface area (Å²) in [4.78, 5) is 27.0. The van der Waals surface area contributed by atoms with Crippen molar-refractivity contribution in [2.24, 2.45) is 0 Å². The molecule has 1 N–H and O–H groups in total. The lowest BCUT2D eigenvalue weighted by molar-refractivity contribution is -0.114. The number of carbonyl (C=O) groups excluding carboxylic acids is 2. The van der Waals surface area contributed by atoms with Gasteiger partial charge >= 0.3 is 0 Å². The van der Waals surface area contributed by atoms with Crippen LogP contribution in [0.2, 0.25) is 0 Å². The largest absolute Gasteiger partial charge is 0.326 e. The maximum Gasteiger partial charge on any atom is 0.221 e. The highest BCUT2D eigenvalue weighted by Crippen LogP contribution is 2.17. The van der Waals surface area contributed by atoms with E-state index >= 15 is 0 Å². The van der Waals surface area contributed by atoms with Crippen molar-refractivity contribution in [1.29, 1.82) is 0 Å². The topological polar surface area (TPSA) is 49.4 Å². The van der Waals surface area contributed by atoms with Gasteiger partial charge in [-0.25, -0.2) is 0 Å². The third-order valence-electron chi connectivity index (χ3n) is 4.12. The minimum atomic E-state index is -0.230.